The number of rotatable bonds is 7. The number of para-hydroxylation sites is 1. The number of carbonyl (C=O) groups excluding carboxylic acids is 1. The summed E-state index contributed by atoms with van der Waals surface area (Å²) in [6, 6.07) is 7.77. The quantitative estimate of drug-likeness (QED) is 0.531. The molecule has 98 valence electrons. The molecular weight excluding hydrogens is 224 g/mol. The molecule has 18 heavy (non-hydrogen) atoms. The predicted octanol–water partition coefficient (Wildman–Crippen LogP) is 4.25. The van der Waals surface area contributed by atoms with Crippen LogP contribution in [-0.2, 0) is 4.79 Å². The lowest BCUT2D eigenvalue weighted by Gasteiger charge is -2.07. The Kier molecular flexibility index (Phi) is 6.20. The van der Waals surface area contributed by atoms with Crippen LogP contribution in [0.2, 0.25) is 0 Å². The number of carbonyl (C=O) groups is 1. The summed E-state index contributed by atoms with van der Waals surface area (Å²) in [5, 5.41) is 0. The molecule has 0 radical (unpaired) electrons. The van der Waals surface area contributed by atoms with E-state index in [1.807, 2.05) is 30.3 Å². The first-order valence-electron chi connectivity index (χ1n) is 6.53. The molecular formula is C16H22O2. The highest BCUT2D eigenvalue weighted by atomic mass is 16.5. The van der Waals surface area contributed by atoms with Crippen molar-refractivity contribution in [2.45, 2.75) is 39.5 Å². The Bertz CT molecular complexity index is 419. The molecule has 0 saturated heterocycles. The van der Waals surface area contributed by atoms with Crippen molar-refractivity contribution >= 4 is 11.9 Å². The summed E-state index contributed by atoms with van der Waals surface area (Å²) >= 11 is 0. The summed E-state index contributed by atoms with van der Waals surface area (Å²) in [6.07, 6.45) is 6.20. The molecule has 2 heteroatoms. The van der Waals surface area contributed by atoms with Gasteiger partial charge in [0.15, 0.2) is 5.78 Å². The highest BCUT2D eigenvalue weighted by Gasteiger charge is 2.06. The smallest absolute Gasteiger partial charge is 0.155 e. The number of unbranched alkanes of at least 4 members (excludes halogenated alkanes) is 2. The Hall–Kier alpha value is -1.57. The van der Waals surface area contributed by atoms with Crippen molar-refractivity contribution in [3.63, 3.8) is 0 Å². The fourth-order valence-electron chi connectivity index (χ4n) is 1.89. The summed E-state index contributed by atoms with van der Waals surface area (Å²) in [5.41, 5.74) is 1.86. The standard InChI is InChI=1S/C16H22O2/c1-4-5-6-9-14(13(2)17)12-15-10-7-8-11-16(15)18-3/h7-8,10-12H,4-6,9H2,1-3H3/b14-12+. The van der Waals surface area contributed by atoms with E-state index in [-0.39, 0.29) is 5.78 Å². The second-order valence-electron chi connectivity index (χ2n) is 4.42. The number of allylic oxidation sites excluding steroid dienone is 1. The van der Waals surface area contributed by atoms with E-state index < -0.39 is 0 Å². The third kappa shape index (κ3) is 4.36. The maximum atomic E-state index is 11.6. The molecule has 0 atom stereocenters. The van der Waals surface area contributed by atoms with Crippen LogP contribution in [0.5, 0.6) is 5.75 Å². The molecule has 0 spiro atoms. The highest BCUT2D eigenvalue weighted by Crippen LogP contribution is 2.22. The van der Waals surface area contributed by atoms with Gasteiger partial charge in [0.05, 0.1) is 7.11 Å². The van der Waals surface area contributed by atoms with Crippen molar-refractivity contribution in [3.05, 3.63) is 35.4 Å². The molecule has 0 unspecified atom stereocenters. The molecule has 0 amide bonds. The molecule has 0 aliphatic rings. The second-order valence-corrected chi connectivity index (χ2v) is 4.42. The minimum atomic E-state index is 0.150. The Morgan fingerprint density at radius 3 is 2.61 bits per heavy atom. The summed E-state index contributed by atoms with van der Waals surface area (Å²) in [5.74, 6) is 0.962. The van der Waals surface area contributed by atoms with Crippen LogP contribution in [0.15, 0.2) is 29.8 Å². The van der Waals surface area contributed by atoms with Gasteiger partial charge in [-0.05, 0) is 37.5 Å². The summed E-state index contributed by atoms with van der Waals surface area (Å²) < 4.78 is 5.30. The van der Waals surface area contributed by atoms with Crippen LogP contribution in [0.4, 0.5) is 0 Å². The number of ether oxygens (including phenoxy) is 1. The average Bonchev–Trinajstić information content (AvgIpc) is 2.38. The van der Waals surface area contributed by atoms with Gasteiger partial charge in [0.2, 0.25) is 0 Å². The van der Waals surface area contributed by atoms with Gasteiger partial charge in [0, 0.05) is 5.56 Å². The molecule has 0 aliphatic heterocycles. The minimum Gasteiger partial charge on any atom is -0.496 e. The number of hydrogen-bond acceptors (Lipinski definition) is 2. The van der Waals surface area contributed by atoms with Gasteiger partial charge in [-0.2, -0.15) is 0 Å². The second kappa shape index (κ2) is 7.70. The summed E-state index contributed by atoms with van der Waals surface area (Å²) in [6.45, 7) is 3.80. The maximum Gasteiger partial charge on any atom is 0.155 e. The number of hydrogen-bond donors (Lipinski definition) is 0. The van der Waals surface area contributed by atoms with E-state index in [1.165, 1.54) is 6.42 Å². The van der Waals surface area contributed by atoms with Gasteiger partial charge in [-0.1, -0.05) is 38.0 Å². The first-order valence-corrected chi connectivity index (χ1v) is 6.53. The lowest BCUT2D eigenvalue weighted by Crippen LogP contribution is -1.97. The van der Waals surface area contributed by atoms with Gasteiger partial charge in [-0.3, -0.25) is 4.79 Å². The molecule has 0 aromatic heterocycles. The van der Waals surface area contributed by atoms with E-state index in [0.717, 1.165) is 36.1 Å². The van der Waals surface area contributed by atoms with Crippen LogP contribution in [-0.4, -0.2) is 12.9 Å². The van der Waals surface area contributed by atoms with Crippen molar-refractivity contribution in [1.82, 2.24) is 0 Å². The highest BCUT2D eigenvalue weighted by molar-refractivity contribution is 5.98. The van der Waals surface area contributed by atoms with E-state index in [9.17, 15) is 4.79 Å². The number of Topliss-reactive ketones (excluding diaryl/α,β-unsaturated/α-hetero) is 1. The van der Waals surface area contributed by atoms with Crippen molar-refractivity contribution < 1.29 is 9.53 Å². The maximum absolute atomic E-state index is 11.6. The topological polar surface area (TPSA) is 26.3 Å². The van der Waals surface area contributed by atoms with E-state index in [0.29, 0.717) is 0 Å². The van der Waals surface area contributed by atoms with E-state index in [2.05, 4.69) is 6.92 Å². The van der Waals surface area contributed by atoms with Gasteiger partial charge < -0.3 is 4.74 Å². The Morgan fingerprint density at radius 2 is 2.00 bits per heavy atom. The van der Waals surface area contributed by atoms with Gasteiger partial charge >= 0.3 is 0 Å². The van der Waals surface area contributed by atoms with Crippen molar-refractivity contribution in [1.29, 1.82) is 0 Å². The third-order valence-corrected chi connectivity index (χ3v) is 2.97. The number of benzene rings is 1. The Balaban J connectivity index is 2.90. The van der Waals surface area contributed by atoms with E-state index in [4.69, 9.17) is 4.74 Å². The van der Waals surface area contributed by atoms with Crippen molar-refractivity contribution in [3.8, 4) is 5.75 Å². The molecule has 0 bridgehead atoms. The minimum absolute atomic E-state index is 0.150. The number of methoxy groups -OCH3 is 1. The SMILES string of the molecule is CCCCC/C(=C\c1ccccc1OC)C(C)=O. The van der Waals surface area contributed by atoms with Crippen molar-refractivity contribution in [2.75, 3.05) is 7.11 Å². The Morgan fingerprint density at radius 1 is 1.28 bits per heavy atom. The average molecular weight is 246 g/mol. The molecule has 1 aromatic carbocycles. The van der Waals surface area contributed by atoms with Gasteiger partial charge in [-0.25, -0.2) is 0 Å². The molecule has 2 nitrogen and oxygen atoms in total. The number of ketones is 1. The lowest BCUT2D eigenvalue weighted by atomic mass is 10.0. The Labute approximate surface area is 110 Å². The van der Waals surface area contributed by atoms with Crippen LogP contribution >= 0.6 is 0 Å². The normalized spacial score (nSPS) is 11.4. The van der Waals surface area contributed by atoms with Crippen LogP contribution in [0.25, 0.3) is 6.08 Å². The zero-order valence-electron chi connectivity index (χ0n) is 11.5. The zero-order valence-corrected chi connectivity index (χ0v) is 11.5. The van der Waals surface area contributed by atoms with Gasteiger partial charge in [-0.15, -0.1) is 0 Å². The molecule has 0 N–H and O–H groups in total. The summed E-state index contributed by atoms with van der Waals surface area (Å²) in [7, 11) is 1.65. The fraction of sp³-hybridized carbons (Fsp3) is 0.438. The molecule has 0 heterocycles. The lowest BCUT2D eigenvalue weighted by molar-refractivity contribution is -0.113. The van der Waals surface area contributed by atoms with Crippen LogP contribution in [0.3, 0.4) is 0 Å². The van der Waals surface area contributed by atoms with Crippen LogP contribution in [0.1, 0.15) is 45.1 Å². The van der Waals surface area contributed by atoms with Gasteiger partial charge in [0.25, 0.3) is 0 Å². The van der Waals surface area contributed by atoms with Gasteiger partial charge in [0.1, 0.15) is 5.75 Å². The largest absolute Gasteiger partial charge is 0.496 e. The van der Waals surface area contributed by atoms with Crippen LogP contribution < -0.4 is 4.74 Å². The first-order chi connectivity index (χ1) is 8.69. The molecule has 1 rings (SSSR count). The summed E-state index contributed by atoms with van der Waals surface area (Å²) in [4.78, 5) is 11.6. The fourth-order valence-corrected chi connectivity index (χ4v) is 1.89. The zero-order chi connectivity index (χ0) is 13.4. The molecule has 0 saturated carbocycles. The monoisotopic (exact) mass is 246 g/mol. The molecule has 1 aromatic rings. The molecule has 0 fully saturated rings. The van der Waals surface area contributed by atoms with Crippen molar-refractivity contribution in [2.24, 2.45) is 0 Å². The first kappa shape index (κ1) is 14.5. The third-order valence-electron chi connectivity index (χ3n) is 2.97. The van der Waals surface area contributed by atoms with E-state index >= 15 is 0 Å². The predicted molar refractivity (Wildman–Crippen MR) is 75.8 cm³/mol. The van der Waals surface area contributed by atoms with E-state index in [1.54, 1.807) is 14.0 Å². The molecule has 0 aliphatic carbocycles. The van der Waals surface area contributed by atoms with Crippen LogP contribution in [0, 0.1) is 0 Å².